The molecule has 4 heteroatoms. The molecule has 29 heavy (non-hydrogen) atoms. The highest BCUT2D eigenvalue weighted by Crippen LogP contribution is 2.37. The third kappa shape index (κ3) is 5.44. The molecule has 0 aliphatic rings. The maximum absolute atomic E-state index is 5.59. The molecule has 0 fully saturated rings. The lowest BCUT2D eigenvalue weighted by Crippen LogP contribution is -2.23. The van der Waals surface area contributed by atoms with E-state index in [1.165, 1.54) is 39.9 Å². The Hall–Kier alpha value is -2.22. The van der Waals surface area contributed by atoms with Crippen molar-refractivity contribution < 1.29 is 4.74 Å². The molecule has 1 atom stereocenters. The van der Waals surface area contributed by atoms with Crippen molar-refractivity contribution in [2.75, 3.05) is 13.3 Å². The number of hydrogen-bond donors (Lipinski definition) is 1. The van der Waals surface area contributed by atoms with Gasteiger partial charge in [0, 0.05) is 19.3 Å². The van der Waals surface area contributed by atoms with Gasteiger partial charge in [-0.2, -0.15) is 0 Å². The van der Waals surface area contributed by atoms with Crippen molar-refractivity contribution in [1.29, 1.82) is 0 Å². The molecule has 1 aromatic heterocycles. The van der Waals surface area contributed by atoms with E-state index in [4.69, 9.17) is 4.74 Å². The molecule has 0 saturated carbocycles. The van der Waals surface area contributed by atoms with Crippen molar-refractivity contribution in [3.8, 4) is 5.75 Å². The van der Waals surface area contributed by atoms with Crippen LogP contribution in [0.15, 0.2) is 60.8 Å². The van der Waals surface area contributed by atoms with Gasteiger partial charge in [0.25, 0.3) is 0 Å². The van der Waals surface area contributed by atoms with Crippen molar-refractivity contribution in [3.63, 3.8) is 0 Å². The molecule has 1 N–H and O–H groups in total. The van der Waals surface area contributed by atoms with Gasteiger partial charge in [0.15, 0.2) is 0 Å². The Labute approximate surface area is 176 Å². The van der Waals surface area contributed by atoms with E-state index < -0.39 is 7.92 Å². The van der Waals surface area contributed by atoms with Crippen molar-refractivity contribution in [3.05, 3.63) is 83.2 Å². The standard InChI is InChI=1S/C25H31N2OP/c1-5-14-29(23-15-19(2)25(28-4)20(3)16-23)24-12-7-6-10-21(24)17-26-18-22-11-8-9-13-27-22/h6-13,15-16,26H,5,14,17-18H2,1-4H3. The van der Waals surface area contributed by atoms with Gasteiger partial charge < -0.3 is 10.1 Å². The molecule has 0 aliphatic carbocycles. The van der Waals surface area contributed by atoms with Gasteiger partial charge in [0.2, 0.25) is 0 Å². The van der Waals surface area contributed by atoms with Crippen molar-refractivity contribution in [2.45, 2.75) is 40.3 Å². The van der Waals surface area contributed by atoms with E-state index >= 15 is 0 Å². The van der Waals surface area contributed by atoms with Gasteiger partial charge in [-0.05, 0) is 79.5 Å². The Morgan fingerprint density at radius 1 is 0.966 bits per heavy atom. The monoisotopic (exact) mass is 406 g/mol. The summed E-state index contributed by atoms with van der Waals surface area (Å²) in [6.07, 6.45) is 4.21. The molecule has 2 aromatic carbocycles. The summed E-state index contributed by atoms with van der Waals surface area (Å²) >= 11 is 0. The Morgan fingerprint density at radius 3 is 2.34 bits per heavy atom. The Bertz CT molecular complexity index is 904. The van der Waals surface area contributed by atoms with Crippen LogP contribution in [0.4, 0.5) is 0 Å². The number of aryl methyl sites for hydroxylation is 2. The maximum Gasteiger partial charge on any atom is 0.124 e. The Balaban J connectivity index is 1.86. The van der Waals surface area contributed by atoms with Gasteiger partial charge in [-0.1, -0.05) is 43.7 Å². The second-order valence-corrected chi connectivity index (χ2v) is 9.62. The predicted molar refractivity (Wildman–Crippen MR) is 125 cm³/mol. The summed E-state index contributed by atoms with van der Waals surface area (Å²) < 4.78 is 5.59. The van der Waals surface area contributed by atoms with Gasteiger partial charge in [-0.15, -0.1) is 0 Å². The van der Waals surface area contributed by atoms with Crippen LogP contribution in [-0.4, -0.2) is 18.3 Å². The molecular formula is C25H31N2OP. The molecule has 152 valence electrons. The second kappa shape index (κ2) is 10.5. The molecule has 3 nitrogen and oxygen atoms in total. The van der Waals surface area contributed by atoms with Gasteiger partial charge in [-0.3, -0.25) is 4.98 Å². The first-order valence-corrected chi connectivity index (χ1v) is 11.8. The fourth-order valence-corrected chi connectivity index (χ4v) is 6.46. The highest BCUT2D eigenvalue weighted by molar-refractivity contribution is 7.73. The number of pyridine rings is 1. The minimum absolute atomic E-state index is 0.404. The molecule has 0 aliphatic heterocycles. The SMILES string of the molecule is CCCP(c1cc(C)c(OC)c(C)c1)c1ccccc1CNCc1ccccn1. The molecule has 0 saturated heterocycles. The molecule has 0 amide bonds. The molecule has 0 spiro atoms. The van der Waals surface area contributed by atoms with Gasteiger partial charge in [0.1, 0.15) is 5.75 Å². The van der Waals surface area contributed by atoms with Gasteiger partial charge in [-0.25, -0.2) is 0 Å². The van der Waals surface area contributed by atoms with E-state index in [0.717, 1.165) is 24.5 Å². The number of hydrogen-bond acceptors (Lipinski definition) is 3. The lowest BCUT2D eigenvalue weighted by molar-refractivity contribution is 0.408. The van der Waals surface area contributed by atoms with E-state index in [-0.39, 0.29) is 0 Å². The fourth-order valence-electron chi connectivity index (χ4n) is 3.77. The van der Waals surface area contributed by atoms with Crippen LogP contribution < -0.4 is 20.7 Å². The maximum atomic E-state index is 5.59. The van der Waals surface area contributed by atoms with E-state index in [9.17, 15) is 0 Å². The average molecular weight is 407 g/mol. The number of rotatable bonds is 9. The first-order valence-electron chi connectivity index (χ1n) is 10.2. The quantitative estimate of drug-likeness (QED) is 0.517. The lowest BCUT2D eigenvalue weighted by Gasteiger charge is -2.23. The van der Waals surface area contributed by atoms with Crippen LogP contribution in [0, 0.1) is 13.8 Å². The van der Waals surface area contributed by atoms with Crippen LogP contribution in [0.5, 0.6) is 5.75 Å². The molecule has 0 bridgehead atoms. The van der Waals surface area contributed by atoms with Crippen molar-refractivity contribution in [1.82, 2.24) is 10.3 Å². The summed E-state index contributed by atoms with van der Waals surface area (Å²) in [6, 6.07) is 19.6. The predicted octanol–water partition coefficient (Wildman–Crippen LogP) is 4.84. The second-order valence-electron chi connectivity index (χ2n) is 7.32. The van der Waals surface area contributed by atoms with Crippen LogP contribution in [0.1, 0.15) is 35.7 Å². The smallest absolute Gasteiger partial charge is 0.124 e. The minimum Gasteiger partial charge on any atom is -0.496 e. The third-order valence-electron chi connectivity index (χ3n) is 5.04. The number of nitrogens with one attached hydrogen (secondary N) is 1. The number of aromatic nitrogens is 1. The number of methoxy groups -OCH3 is 1. The van der Waals surface area contributed by atoms with Crippen LogP contribution in [0.25, 0.3) is 0 Å². The van der Waals surface area contributed by atoms with E-state index in [2.05, 4.69) is 73.5 Å². The average Bonchev–Trinajstić information content (AvgIpc) is 2.73. The van der Waals surface area contributed by atoms with Gasteiger partial charge >= 0.3 is 0 Å². The largest absolute Gasteiger partial charge is 0.496 e. The van der Waals surface area contributed by atoms with E-state index in [1.807, 2.05) is 18.3 Å². The molecule has 3 rings (SSSR count). The van der Waals surface area contributed by atoms with E-state index in [1.54, 1.807) is 7.11 Å². The Morgan fingerprint density at radius 2 is 1.69 bits per heavy atom. The molecule has 1 unspecified atom stereocenters. The van der Waals surface area contributed by atoms with Crippen LogP contribution in [0.2, 0.25) is 0 Å². The Kier molecular flexibility index (Phi) is 7.80. The fraction of sp³-hybridized carbons (Fsp3) is 0.320. The topological polar surface area (TPSA) is 34.1 Å². The third-order valence-corrected chi connectivity index (χ3v) is 7.83. The summed E-state index contributed by atoms with van der Waals surface area (Å²) in [4.78, 5) is 4.41. The summed E-state index contributed by atoms with van der Waals surface area (Å²) in [5, 5.41) is 6.49. The number of benzene rings is 2. The molecule has 0 radical (unpaired) electrons. The number of ether oxygens (including phenoxy) is 1. The first-order chi connectivity index (χ1) is 14.1. The molecule has 3 aromatic rings. The van der Waals surface area contributed by atoms with Gasteiger partial charge in [0.05, 0.1) is 12.8 Å². The molecule has 1 heterocycles. The summed E-state index contributed by atoms with van der Waals surface area (Å²) in [5.74, 6) is 1.01. The van der Waals surface area contributed by atoms with Crippen LogP contribution >= 0.6 is 7.92 Å². The summed E-state index contributed by atoms with van der Waals surface area (Å²) in [5.41, 5.74) is 4.89. The van der Waals surface area contributed by atoms with Crippen molar-refractivity contribution in [2.24, 2.45) is 0 Å². The summed E-state index contributed by atoms with van der Waals surface area (Å²) in [6.45, 7) is 8.20. The van der Waals surface area contributed by atoms with Crippen LogP contribution in [0.3, 0.4) is 0 Å². The zero-order valence-electron chi connectivity index (χ0n) is 17.9. The minimum atomic E-state index is -0.404. The van der Waals surface area contributed by atoms with Crippen molar-refractivity contribution >= 4 is 18.5 Å². The van der Waals surface area contributed by atoms with E-state index in [0.29, 0.717) is 0 Å². The lowest BCUT2D eigenvalue weighted by atomic mass is 10.1. The zero-order chi connectivity index (χ0) is 20.6. The summed E-state index contributed by atoms with van der Waals surface area (Å²) in [7, 11) is 1.35. The highest BCUT2D eigenvalue weighted by atomic mass is 31.1. The normalized spacial score (nSPS) is 12.0. The zero-order valence-corrected chi connectivity index (χ0v) is 18.8. The molecular weight excluding hydrogens is 375 g/mol. The number of nitrogens with zero attached hydrogens (tertiary/aromatic N) is 1. The first kappa shape index (κ1) is 21.5. The highest BCUT2D eigenvalue weighted by Gasteiger charge is 2.18. The van der Waals surface area contributed by atoms with Crippen LogP contribution in [-0.2, 0) is 13.1 Å².